The molecule has 0 unspecified atom stereocenters. The Labute approximate surface area is 169 Å². The van der Waals surface area contributed by atoms with Gasteiger partial charge in [-0.05, 0) is 43.2 Å². The molecule has 148 valence electrons. The molecule has 1 heterocycles. The summed E-state index contributed by atoms with van der Waals surface area (Å²) in [7, 11) is 1.30. The molecule has 3 rings (SSSR count). The number of hydrogen-bond acceptors (Lipinski definition) is 6. The van der Waals surface area contributed by atoms with Crippen molar-refractivity contribution in [2.24, 2.45) is 0 Å². The second-order valence-corrected chi connectivity index (χ2v) is 6.48. The first-order valence-corrected chi connectivity index (χ1v) is 9.16. The van der Waals surface area contributed by atoms with Crippen molar-refractivity contribution in [3.05, 3.63) is 83.3 Å². The molecule has 0 radical (unpaired) electrons. The third-order valence-corrected chi connectivity index (χ3v) is 4.21. The summed E-state index contributed by atoms with van der Waals surface area (Å²) < 4.78 is 4.64. The van der Waals surface area contributed by atoms with E-state index >= 15 is 0 Å². The summed E-state index contributed by atoms with van der Waals surface area (Å²) in [6.07, 6.45) is 3.61. The van der Waals surface area contributed by atoms with Gasteiger partial charge >= 0.3 is 5.97 Å². The van der Waals surface area contributed by atoms with Gasteiger partial charge in [0.1, 0.15) is 5.82 Å². The van der Waals surface area contributed by atoms with E-state index in [1.54, 1.807) is 12.3 Å². The lowest BCUT2D eigenvalue weighted by molar-refractivity contribution is 0.0593. The molecular weight excluding hydrogens is 368 g/mol. The third kappa shape index (κ3) is 5.62. The lowest BCUT2D eigenvalue weighted by atomic mass is 10.1. The molecule has 29 heavy (non-hydrogen) atoms. The molecule has 1 amide bonds. The Balaban J connectivity index is 1.57. The molecule has 2 N–H and O–H groups in total. The number of nitrogens with zero attached hydrogens (tertiary/aromatic N) is 2. The van der Waals surface area contributed by atoms with Gasteiger partial charge < -0.3 is 15.4 Å². The lowest BCUT2D eigenvalue weighted by Crippen LogP contribution is -2.13. The maximum absolute atomic E-state index is 12.4. The van der Waals surface area contributed by atoms with Crippen LogP contribution in [0, 0.1) is 6.92 Å². The van der Waals surface area contributed by atoms with Crippen molar-refractivity contribution < 1.29 is 14.3 Å². The van der Waals surface area contributed by atoms with Gasteiger partial charge in [0.2, 0.25) is 0 Å². The highest BCUT2D eigenvalue weighted by atomic mass is 16.5. The van der Waals surface area contributed by atoms with Crippen LogP contribution in [0.3, 0.4) is 0 Å². The fourth-order valence-electron chi connectivity index (χ4n) is 2.78. The molecule has 0 aliphatic carbocycles. The SMILES string of the molecule is COC(=O)c1cncc(NCCc2cccc(NC(=O)c3cccc(C)c3)c2)n1. The monoisotopic (exact) mass is 390 g/mol. The summed E-state index contributed by atoms with van der Waals surface area (Å²) in [5.74, 6) is -0.172. The number of ether oxygens (including phenoxy) is 1. The van der Waals surface area contributed by atoms with E-state index in [1.165, 1.54) is 13.3 Å². The maximum Gasteiger partial charge on any atom is 0.358 e. The summed E-state index contributed by atoms with van der Waals surface area (Å²) in [5.41, 5.74) is 3.61. The fraction of sp³-hybridized carbons (Fsp3) is 0.182. The first-order chi connectivity index (χ1) is 14.0. The third-order valence-electron chi connectivity index (χ3n) is 4.21. The van der Waals surface area contributed by atoms with Gasteiger partial charge in [-0.1, -0.05) is 29.8 Å². The van der Waals surface area contributed by atoms with E-state index in [0.29, 0.717) is 24.3 Å². The maximum atomic E-state index is 12.4. The number of esters is 1. The first-order valence-electron chi connectivity index (χ1n) is 9.16. The van der Waals surface area contributed by atoms with E-state index in [4.69, 9.17) is 0 Å². The van der Waals surface area contributed by atoms with Gasteiger partial charge in [0.05, 0.1) is 19.5 Å². The van der Waals surface area contributed by atoms with Crippen LogP contribution in [0.25, 0.3) is 0 Å². The number of aryl methyl sites for hydroxylation is 1. The molecule has 1 aromatic heterocycles. The number of methoxy groups -OCH3 is 1. The highest BCUT2D eigenvalue weighted by Gasteiger charge is 2.09. The van der Waals surface area contributed by atoms with Gasteiger partial charge in [-0.2, -0.15) is 0 Å². The summed E-state index contributed by atoms with van der Waals surface area (Å²) in [4.78, 5) is 32.1. The minimum atomic E-state index is -0.529. The van der Waals surface area contributed by atoms with E-state index in [1.807, 2.05) is 49.4 Å². The molecular formula is C22H22N4O3. The number of carbonyl (C=O) groups is 2. The molecule has 0 atom stereocenters. The van der Waals surface area contributed by atoms with Gasteiger partial charge in [-0.3, -0.25) is 9.78 Å². The summed E-state index contributed by atoms with van der Waals surface area (Å²) in [5, 5.41) is 6.06. The fourth-order valence-corrected chi connectivity index (χ4v) is 2.78. The van der Waals surface area contributed by atoms with Gasteiger partial charge in [-0.15, -0.1) is 0 Å². The smallest absolute Gasteiger partial charge is 0.358 e. The number of anilines is 2. The Bertz CT molecular complexity index is 1020. The molecule has 2 aromatic carbocycles. The van der Waals surface area contributed by atoms with E-state index in [9.17, 15) is 9.59 Å². The molecule has 0 spiro atoms. The van der Waals surface area contributed by atoms with Crippen LogP contribution >= 0.6 is 0 Å². The molecule has 7 heteroatoms. The predicted octanol–water partition coefficient (Wildman–Crippen LogP) is 3.48. The van der Waals surface area contributed by atoms with E-state index in [-0.39, 0.29) is 11.6 Å². The van der Waals surface area contributed by atoms with Crippen molar-refractivity contribution in [2.45, 2.75) is 13.3 Å². The summed E-state index contributed by atoms with van der Waals surface area (Å²) in [6.45, 7) is 2.55. The van der Waals surface area contributed by atoms with Crippen LogP contribution in [0.15, 0.2) is 60.9 Å². The van der Waals surface area contributed by atoms with Crippen molar-refractivity contribution >= 4 is 23.4 Å². The highest BCUT2D eigenvalue weighted by Crippen LogP contribution is 2.14. The number of rotatable bonds is 7. The highest BCUT2D eigenvalue weighted by molar-refractivity contribution is 6.04. The number of aromatic nitrogens is 2. The van der Waals surface area contributed by atoms with Crippen molar-refractivity contribution in [1.82, 2.24) is 9.97 Å². The number of nitrogens with one attached hydrogen (secondary N) is 2. The molecule has 7 nitrogen and oxygen atoms in total. The molecule has 0 aliphatic rings. The zero-order valence-electron chi connectivity index (χ0n) is 16.3. The van der Waals surface area contributed by atoms with Crippen LogP contribution in [-0.2, 0) is 11.2 Å². The summed E-state index contributed by atoms with van der Waals surface area (Å²) >= 11 is 0. The topological polar surface area (TPSA) is 93.2 Å². The number of amides is 1. The van der Waals surface area contributed by atoms with Crippen LogP contribution in [0.1, 0.15) is 32.0 Å². The van der Waals surface area contributed by atoms with Gasteiger partial charge in [0.25, 0.3) is 5.91 Å². The van der Waals surface area contributed by atoms with Crippen molar-refractivity contribution in [1.29, 1.82) is 0 Å². The van der Waals surface area contributed by atoms with Crippen molar-refractivity contribution in [2.75, 3.05) is 24.3 Å². The summed E-state index contributed by atoms with van der Waals surface area (Å²) in [6, 6.07) is 15.1. The molecule has 0 saturated heterocycles. The molecule has 0 saturated carbocycles. The largest absolute Gasteiger partial charge is 0.464 e. The van der Waals surface area contributed by atoms with Gasteiger partial charge in [0, 0.05) is 17.8 Å². The van der Waals surface area contributed by atoms with E-state index in [0.717, 1.165) is 16.8 Å². The second kappa shape index (κ2) is 9.45. The Hall–Kier alpha value is -3.74. The molecule has 0 bridgehead atoms. The molecule has 3 aromatic rings. The van der Waals surface area contributed by atoms with E-state index < -0.39 is 5.97 Å². The Kier molecular flexibility index (Phi) is 6.52. The Morgan fingerprint density at radius 2 is 1.90 bits per heavy atom. The van der Waals surface area contributed by atoms with Crippen LogP contribution in [0.2, 0.25) is 0 Å². The lowest BCUT2D eigenvalue weighted by Gasteiger charge is -2.09. The minimum absolute atomic E-state index is 0.140. The van der Waals surface area contributed by atoms with Crippen LogP contribution in [0.5, 0.6) is 0 Å². The first kappa shape index (κ1) is 20.0. The zero-order valence-corrected chi connectivity index (χ0v) is 16.3. The molecule has 0 aliphatic heterocycles. The number of benzene rings is 2. The standard InChI is InChI=1S/C22H22N4O3/c1-15-5-3-7-17(11-15)21(27)25-18-8-4-6-16(12-18)9-10-24-20-14-23-13-19(26-20)22(28)29-2/h3-8,11-14H,9-10H2,1-2H3,(H,24,26)(H,25,27). The quantitative estimate of drug-likeness (QED) is 0.600. The Morgan fingerprint density at radius 3 is 2.69 bits per heavy atom. The number of hydrogen-bond donors (Lipinski definition) is 2. The Morgan fingerprint density at radius 1 is 1.07 bits per heavy atom. The predicted molar refractivity (Wildman–Crippen MR) is 111 cm³/mol. The van der Waals surface area contributed by atoms with Gasteiger partial charge in [0.15, 0.2) is 5.69 Å². The van der Waals surface area contributed by atoms with Crippen molar-refractivity contribution in [3.8, 4) is 0 Å². The molecule has 0 fully saturated rings. The second-order valence-electron chi connectivity index (χ2n) is 6.48. The normalized spacial score (nSPS) is 10.3. The average molecular weight is 390 g/mol. The minimum Gasteiger partial charge on any atom is -0.464 e. The average Bonchev–Trinajstić information content (AvgIpc) is 2.73. The van der Waals surface area contributed by atoms with Crippen LogP contribution in [0.4, 0.5) is 11.5 Å². The number of carbonyl (C=O) groups excluding carboxylic acids is 2. The van der Waals surface area contributed by atoms with Crippen LogP contribution in [-0.4, -0.2) is 35.5 Å². The van der Waals surface area contributed by atoms with Crippen molar-refractivity contribution in [3.63, 3.8) is 0 Å². The van der Waals surface area contributed by atoms with Crippen LogP contribution < -0.4 is 10.6 Å². The zero-order chi connectivity index (χ0) is 20.6. The van der Waals surface area contributed by atoms with E-state index in [2.05, 4.69) is 25.3 Å². The van der Waals surface area contributed by atoms with Gasteiger partial charge in [-0.25, -0.2) is 9.78 Å².